The monoisotopic (exact) mass is 369 g/mol. The van der Waals surface area contributed by atoms with E-state index >= 15 is 0 Å². The molecule has 0 aromatic heterocycles. The molecule has 0 N–H and O–H groups in total. The van der Waals surface area contributed by atoms with Gasteiger partial charge < -0.3 is 9.47 Å². The lowest BCUT2D eigenvalue weighted by atomic mass is 9.75. The molecule has 1 aromatic carbocycles. The lowest BCUT2D eigenvalue weighted by Crippen LogP contribution is -2.36. The third-order valence-corrected chi connectivity index (χ3v) is 5.02. The lowest BCUT2D eigenvalue weighted by molar-refractivity contribution is -0.165. The van der Waals surface area contributed by atoms with Crippen molar-refractivity contribution in [2.45, 2.75) is 46.1 Å². The van der Waals surface area contributed by atoms with E-state index in [1.54, 1.807) is 24.3 Å². The largest absolute Gasteiger partial charge is 0.460 e. The zero-order valence-corrected chi connectivity index (χ0v) is 16.2. The molecule has 0 amide bonds. The molecule has 0 unspecified atom stereocenters. The number of benzene rings is 1. The number of nitriles is 1. The van der Waals surface area contributed by atoms with Crippen LogP contribution in [0.1, 0.15) is 45.6 Å². The van der Waals surface area contributed by atoms with Crippen molar-refractivity contribution in [1.29, 1.82) is 5.26 Å². The fourth-order valence-corrected chi connectivity index (χ4v) is 3.51. The molecule has 1 aromatic rings. The minimum Gasteiger partial charge on any atom is -0.460 e. The van der Waals surface area contributed by atoms with E-state index < -0.39 is 18.5 Å². The molecule has 1 saturated carbocycles. The summed E-state index contributed by atoms with van der Waals surface area (Å²) in [5.74, 6) is -0.120. The Bertz CT molecular complexity index is 718. The predicted octanol–water partition coefficient (Wildman–Crippen LogP) is 4.14. The predicted molar refractivity (Wildman–Crippen MR) is 102 cm³/mol. The van der Waals surface area contributed by atoms with E-state index in [1.807, 2.05) is 12.1 Å². The van der Waals surface area contributed by atoms with Crippen molar-refractivity contribution in [2.75, 3.05) is 6.61 Å². The van der Waals surface area contributed by atoms with Crippen LogP contribution in [0.4, 0.5) is 0 Å². The van der Waals surface area contributed by atoms with Crippen molar-refractivity contribution in [2.24, 2.45) is 17.8 Å². The Balaban J connectivity index is 1.91. The Kier molecular flexibility index (Phi) is 7.60. The maximum Gasteiger partial charge on any atom is 0.349 e. The van der Waals surface area contributed by atoms with E-state index in [-0.39, 0.29) is 11.7 Å². The number of hydrogen-bond donors (Lipinski definition) is 0. The highest BCUT2D eigenvalue weighted by Crippen LogP contribution is 2.35. The Hall–Kier alpha value is -2.61. The number of ether oxygens (including phenoxy) is 2. The summed E-state index contributed by atoms with van der Waals surface area (Å²) < 4.78 is 10.6. The van der Waals surface area contributed by atoms with E-state index in [2.05, 4.69) is 20.8 Å². The van der Waals surface area contributed by atoms with E-state index in [4.69, 9.17) is 9.47 Å². The highest BCUT2D eigenvalue weighted by molar-refractivity contribution is 5.98. The quantitative estimate of drug-likeness (QED) is 0.428. The van der Waals surface area contributed by atoms with Crippen LogP contribution >= 0.6 is 0 Å². The fourth-order valence-electron chi connectivity index (χ4n) is 3.51. The zero-order chi connectivity index (χ0) is 19.8. The van der Waals surface area contributed by atoms with Gasteiger partial charge in [0, 0.05) is 0 Å². The summed E-state index contributed by atoms with van der Waals surface area (Å²) in [7, 11) is 0. The first-order chi connectivity index (χ1) is 12.9. The van der Waals surface area contributed by atoms with Gasteiger partial charge in [-0.25, -0.2) is 9.59 Å². The molecule has 5 heteroatoms. The minimum atomic E-state index is -0.823. The van der Waals surface area contributed by atoms with Crippen LogP contribution < -0.4 is 0 Å². The van der Waals surface area contributed by atoms with Gasteiger partial charge in [-0.1, -0.05) is 57.5 Å². The molecule has 2 rings (SSSR count). The molecule has 1 aliphatic carbocycles. The molecular formula is C22H27NO4. The van der Waals surface area contributed by atoms with Crippen molar-refractivity contribution < 1.29 is 19.1 Å². The average Bonchev–Trinajstić information content (AvgIpc) is 2.64. The summed E-state index contributed by atoms with van der Waals surface area (Å²) in [4.78, 5) is 24.2. The molecule has 1 aliphatic rings. The Labute approximate surface area is 161 Å². The van der Waals surface area contributed by atoms with Gasteiger partial charge in [0.05, 0.1) is 0 Å². The Morgan fingerprint density at radius 1 is 1.26 bits per heavy atom. The summed E-state index contributed by atoms with van der Waals surface area (Å²) in [5, 5.41) is 9.17. The van der Waals surface area contributed by atoms with Crippen LogP contribution in [0.3, 0.4) is 0 Å². The van der Waals surface area contributed by atoms with Crippen LogP contribution in [0.15, 0.2) is 35.9 Å². The molecule has 5 nitrogen and oxygen atoms in total. The standard InChI is InChI=1S/C22H27NO4/c1-15(2)19-10-9-16(3)11-20(19)27-21(24)14-26-22(25)18(13-23)12-17-7-5-4-6-8-17/h4-8,12,15-16,19-20H,9-11,14H2,1-3H3/b18-12+/t16-,19+,20+/m0/s1. The van der Waals surface area contributed by atoms with Gasteiger partial charge in [-0.05, 0) is 42.2 Å². The van der Waals surface area contributed by atoms with Crippen molar-refractivity contribution in [3.8, 4) is 6.07 Å². The van der Waals surface area contributed by atoms with Crippen LogP contribution in [-0.2, 0) is 19.1 Å². The van der Waals surface area contributed by atoms with Gasteiger partial charge in [0.25, 0.3) is 0 Å². The maximum absolute atomic E-state index is 12.2. The Morgan fingerprint density at radius 2 is 1.96 bits per heavy atom. The molecule has 0 saturated heterocycles. The highest BCUT2D eigenvalue weighted by Gasteiger charge is 2.33. The molecular weight excluding hydrogens is 342 g/mol. The van der Waals surface area contributed by atoms with Crippen molar-refractivity contribution in [3.05, 3.63) is 41.5 Å². The highest BCUT2D eigenvalue weighted by atomic mass is 16.6. The van der Waals surface area contributed by atoms with E-state index in [0.29, 0.717) is 23.3 Å². The molecule has 0 spiro atoms. The van der Waals surface area contributed by atoms with Gasteiger partial charge in [-0.15, -0.1) is 0 Å². The van der Waals surface area contributed by atoms with Gasteiger partial charge in [0.15, 0.2) is 6.61 Å². The zero-order valence-electron chi connectivity index (χ0n) is 16.2. The van der Waals surface area contributed by atoms with Gasteiger partial charge in [-0.2, -0.15) is 5.26 Å². The van der Waals surface area contributed by atoms with Gasteiger partial charge in [-0.3, -0.25) is 0 Å². The molecule has 3 atom stereocenters. The van der Waals surface area contributed by atoms with Crippen LogP contribution in [0.5, 0.6) is 0 Å². The van der Waals surface area contributed by atoms with Crippen molar-refractivity contribution in [3.63, 3.8) is 0 Å². The average molecular weight is 369 g/mol. The molecule has 1 fully saturated rings. The number of rotatable bonds is 6. The molecule has 0 bridgehead atoms. The van der Waals surface area contributed by atoms with Crippen LogP contribution in [0.2, 0.25) is 0 Å². The van der Waals surface area contributed by atoms with Crippen molar-refractivity contribution >= 4 is 18.0 Å². The van der Waals surface area contributed by atoms with Gasteiger partial charge >= 0.3 is 11.9 Å². The topological polar surface area (TPSA) is 76.4 Å². The Morgan fingerprint density at radius 3 is 2.59 bits per heavy atom. The summed E-state index contributed by atoms with van der Waals surface area (Å²) in [6.07, 6.45) is 4.30. The number of esters is 2. The van der Waals surface area contributed by atoms with E-state index in [0.717, 1.165) is 19.3 Å². The number of nitrogens with zero attached hydrogens (tertiary/aromatic N) is 1. The first kappa shape index (κ1) is 20.7. The summed E-state index contributed by atoms with van der Waals surface area (Å²) in [5.41, 5.74) is 0.560. The lowest BCUT2D eigenvalue weighted by Gasteiger charge is -2.36. The van der Waals surface area contributed by atoms with Crippen molar-refractivity contribution in [1.82, 2.24) is 0 Å². The fraction of sp³-hybridized carbons (Fsp3) is 0.500. The summed E-state index contributed by atoms with van der Waals surface area (Å²) in [6, 6.07) is 10.8. The number of carbonyl (C=O) groups excluding carboxylic acids is 2. The normalized spacial score (nSPS) is 22.8. The second-order valence-electron chi connectivity index (χ2n) is 7.51. The first-order valence-electron chi connectivity index (χ1n) is 9.44. The molecule has 27 heavy (non-hydrogen) atoms. The molecule has 0 aliphatic heterocycles. The van der Waals surface area contributed by atoms with E-state index in [1.165, 1.54) is 6.08 Å². The second-order valence-corrected chi connectivity index (χ2v) is 7.51. The molecule has 0 heterocycles. The minimum absolute atomic E-state index is 0.143. The SMILES string of the molecule is CC(C)[C@H]1CC[C@H](C)C[C@H]1OC(=O)COC(=O)/C(C#N)=C/c1ccccc1. The smallest absolute Gasteiger partial charge is 0.349 e. The number of hydrogen-bond acceptors (Lipinski definition) is 5. The number of carbonyl (C=O) groups is 2. The third-order valence-electron chi connectivity index (χ3n) is 5.02. The van der Waals surface area contributed by atoms with Crippen LogP contribution in [0.25, 0.3) is 6.08 Å². The van der Waals surface area contributed by atoms with Crippen LogP contribution in [-0.4, -0.2) is 24.6 Å². The second kappa shape index (κ2) is 9.91. The first-order valence-corrected chi connectivity index (χ1v) is 9.44. The van der Waals surface area contributed by atoms with E-state index in [9.17, 15) is 14.9 Å². The third kappa shape index (κ3) is 6.25. The molecule has 144 valence electrons. The summed E-state index contributed by atoms with van der Waals surface area (Å²) in [6.45, 7) is 5.94. The maximum atomic E-state index is 12.2. The van der Waals surface area contributed by atoms with Gasteiger partial charge in [0.2, 0.25) is 0 Å². The van der Waals surface area contributed by atoms with Crippen LogP contribution in [0, 0.1) is 29.1 Å². The molecule has 0 radical (unpaired) electrons. The summed E-state index contributed by atoms with van der Waals surface area (Å²) >= 11 is 0. The van der Waals surface area contributed by atoms with Gasteiger partial charge in [0.1, 0.15) is 17.7 Å².